The Kier molecular flexibility index (Phi) is 6.63. The first kappa shape index (κ1) is 18.9. The summed E-state index contributed by atoms with van der Waals surface area (Å²) in [7, 11) is 0. The van der Waals surface area contributed by atoms with Gasteiger partial charge in [-0.2, -0.15) is 0 Å². The minimum Gasteiger partial charge on any atom is -0.459 e. The second kappa shape index (κ2) is 9.14. The minimum atomic E-state index is -0.0841. The predicted octanol–water partition coefficient (Wildman–Crippen LogP) is 3.84. The van der Waals surface area contributed by atoms with Gasteiger partial charge in [0.05, 0.1) is 6.26 Å². The molecule has 26 heavy (non-hydrogen) atoms. The molecule has 1 saturated heterocycles. The van der Waals surface area contributed by atoms with E-state index in [9.17, 15) is 9.59 Å². The molecule has 1 aromatic heterocycles. The van der Waals surface area contributed by atoms with E-state index in [4.69, 9.17) is 16.0 Å². The third kappa shape index (κ3) is 5.29. The zero-order valence-corrected chi connectivity index (χ0v) is 15.9. The fourth-order valence-corrected chi connectivity index (χ4v) is 3.85. The monoisotopic (exact) mass is 392 g/mol. The van der Waals surface area contributed by atoms with Gasteiger partial charge in [-0.3, -0.25) is 9.59 Å². The average molecular weight is 393 g/mol. The van der Waals surface area contributed by atoms with Gasteiger partial charge in [-0.05, 0) is 49.2 Å². The van der Waals surface area contributed by atoms with Gasteiger partial charge in [-0.25, -0.2) is 0 Å². The molecule has 1 fully saturated rings. The molecular formula is C19H21ClN2O3S. The number of benzene rings is 1. The normalized spacial score (nSPS) is 15.0. The van der Waals surface area contributed by atoms with E-state index in [0.29, 0.717) is 30.3 Å². The maximum absolute atomic E-state index is 12.2. The lowest BCUT2D eigenvalue weighted by atomic mass is 10.0. The first-order chi connectivity index (χ1) is 12.6. The summed E-state index contributed by atoms with van der Waals surface area (Å²) in [4.78, 5) is 27.2. The Morgan fingerprint density at radius 3 is 2.58 bits per heavy atom. The van der Waals surface area contributed by atoms with Gasteiger partial charge in [-0.1, -0.05) is 11.6 Å². The van der Waals surface area contributed by atoms with Crippen molar-refractivity contribution in [2.75, 3.05) is 18.8 Å². The summed E-state index contributed by atoms with van der Waals surface area (Å²) >= 11 is 7.50. The maximum Gasteiger partial charge on any atom is 0.289 e. The van der Waals surface area contributed by atoms with Gasteiger partial charge in [0.2, 0.25) is 5.91 Å². The number of halogens is 1. The highest BCUT2D eigenvalue weighted by molar-refractivity contribution is 7.99. The minimum absolute atomic E-state index is 0.0577. The Labute approximate surface area is 162 Å². The summed E-state index contributed by atoms with van der Waals surface area (Å²) < 4.78 is 5.16. The molecule has 3 rings (SSSR count). The fourth-order valence-electron chi connectivity index (χ4n) is 2.88. The van der Waals surface area contributed by atoms with Crippen LogP contribution in [-0.4, -0.2) is 41.6 Å². The molecule has 0 aliphatic carbocycles. The highest BCUT2D eigenvalue weighted by Crippen LogP contribution is 2.21. The van der Waals surface area contributed by atoms with Gasteiger partial charge in [0.25, 0.3) is 5.91 Å². The standard InChI is InChI=1S/C19H21ClN2O3S/c20-14-3-5-16(6-4-14)26-13-9-18(23)21-15-7-10-22(11-8-15)19(24)17-2-1-12-25-17/h1-6,12,15H,7-11,13H2,(H,21,23). The van der Waals surface area contributed by atoms with E-state index in [2.05, 4.69) is 5.32 Å². The van der Waals surface area contributed by atoms with Crippen LogP contribution in [0.1, 0.15) is 29.8 Å². The van der Waals surface area contributed by atoms with Crippen LogP contribution in [0.3, 0.4) is 0 Å². The molecule has 2 heterocycles. The number of nitrogens with zero attached hydrogens (tertiary/aromatic N) is 1. The summed E-state index contributed by atoms with van der Waals surface area (Å²) in [6.07, 6.45) is 3.51. The van der Waals surface area contributed by atoms with Gasteiger partial charge in [0, 0.05) is 41.2 Å². The van der Waals surface area contributed by atoms with Crippen LogP contribution < -0.4 is 5.32 Å². The molecule has 0 saturated carbocycles. The Hall–Kier alpha value is -1.92. The molecule has 1 aliphatic rings. The van der Waals surface area contributed by atoms with E-state index in [1.165, 1.54) is 6.26 Å². The first-order valence-corrected chi connectivity index (χ1v) is 9.98. The van der Waals surface area contributed by atoms with Crippen LogP contribution in [0.4, 0.5) is 0 Å². The van der Waals surface area contributed by atoms with E-state index < -0.39 is 0 Å². The highest BCUT2D eigenvalue weighted by Gasteiger charge is 2.25. The quantitative estimate of drug-likeness (QED) is 0.759. The Morgan fingerprint density at radius 2 is 1.92 bits per heavy atom. The smallest absolute Gasteiger partial charge is 0.289 e. The van der Waals surface area contributed by atoms with Crippen LogP contribution >= 0.6 is 23.4 Å². The summed E-state index contributed by atoms with van der Waals surface area (Å²) in [5.74, 6) is 1.07. The van der Waals surface area contributed by atoms with Gasteiger partial charge >= 0.3 is 0 Å². The number of hydrogen-bond acceptors (Lipinski definition) is 4. The van der Waals surface area contributed by atoms with Crippen molar-refractivity contribution < 1.29 is 14.0 Å². The van der Waals surface area contributed by atoms with Crippen molar-refractivity contribution in [1.82, 2.24) is 10.2 Å². The van der Waals surface area contributed by atoms with Gasteiger partial charge in [0.15, 0.2) is 5.76 Å². The highest BCUT2D eigenvalue weighted by atomic mass is 35.5. The molecule has 0 unspecified atom stereocenters. The van der Waals surface area contributed by atoms with E-state index in [0.717, 1.165) is 23.5 Å². The Balaban J connectivity index is 1.35. The van der Waals surface area contributed by atoms with Crippen LogP contribution in [0.2, 0.25) is 5.02 Å². The molecule has 138 valence electrons. The van der Waals surface area contributed by atoms with E-state index in [1.54, 1.807) is 28.8 Å². The van der Waals surface area contributed by atoms with Crippen LogP contribution in [0.25, 0.3) is 0 Å². The van der Waals surface area contributed by atoms with Crippen LogP contribution in [0.15, 0.2) is 52.0 Å². The topological polar surface area (TPSA) is 62.6 Å². The second-order valence-corrected chi connectivity index (χ2v) is 7.77. The van der Waals surface area contributed by atoms with E-state index >= 15 is 0 Å². The van der Waals surface area contributed by atoms with Crippen molar-refractivity contribution in [3.8, 4) is 0 Å². The van der Waals surface area contributed by atoms with Gasteiger partial charge in [0.1, 0.15) is 0 Å². The number of nitrogens with one attached hydrogen (secondary N) is 1. The first-order valence-electron chi connectivity index (χ1n) is 8.62. The van der Waals surface area contributed by atoms with E-state index in [1.807, 2.05) is 24.3 Å². The SMILES string of the molecule is O=C(CCSc1ccc(Cl)cc1)NC1CCN(C(=O)c2ccco2)CC1. The largest absolute Gasteiger partial charge is 0.459 e. The number of amides is 2. The lowest BCUT2D eigenvalue weighted by molar-refractivity contribution is -0.121. The van der Waals surface area contributed by atoms with E-state index in [-0.39, 0.29) is 17.9 Å². The molecule has 1 N–H and O–H groups in total. The van der Waals surface area contributed by atoms with Gasteiger partial charge < -0.3 is 14.6 Å². The zero-order valence-electron chi connectivity index (χ0n) is 14.3. The maximum atomic E-state index is 12.2. The number of furan rings is 1. The zero-order chi connectivity index (χ0) is 18.4. The number of carbonyl (C=O) groups excluding carboxylic acids is 2. The van der Waals surface area contributed by atoms with Crippen molar-refractivity contribution in [1.29, 1.82) is 0 Å². The van der Waals surface area contributed by atoms with Crippen molar-refractivity contribution in [3.63, 3.8) is 0 Å². The summed E-state index contributed by atoms with van der Waals surface area (Å²) in [6.45, 7) is 1.26. The molecule has 0 atom stereocenters. The number of carbonyl (C=O) groups is 2. The average Bonchev–Trinajstić information content (AvgIpc) is 3.18. The van der Waals surface area contributed by atoms with Crippen LogP contribution in [-0.2, 0) is 4.79 Å². The predicted molar refractivity (Wildman–Crippen MR) is 103 cm³/mol. The molecule has 5 nitrogen and oxygen atoms in total. The molecule has 2 aromatic rings. The van der Waals surface area contributed by atoms with Gasteiger partial charge in [-0.15, -0.1) is 11.8 Å². The third-order valence-corrected chi connectivity index (χ3v) is 5.56. The molecule has 7 heteroatoms. The summed E-state index contributed by atoms with van der Waals surface area (Å²) in [6, 6.07) is 11.1. The molecular weight excluding hydrogens is 372 g/mol. The van der Waals surface area contributed by atoms with Crippen LogP contribution in [0.5, 0.6) is 0 Å². The lowest BCUT2D eigenvalue weighted by Gasteiger charge is -2.31. The lowest BCUT2D eigenvalue weighted by Crippen LogP contribution is -2.46. The number of thioether (sulfide) groups is 1. The molecule has 0 radical (unpaired) electrons. The number of piperidine rings is 1. The molecule has 0 bridgehead atoms. The summed E-state index contributed by atoms with van der Waals surface area (Å²) in [5, 5.41) is 3.79. The summed E-state index contributed by atoms with van der Waals surface area (Å²) in [5.41, 5.74) is 0. The Bertz CT molecular complexity index is 726. The van der Waals surface area contributed by atoms with Crippen molar-refractivity contribution >= 4 is 35.2 Å². The van der Waals surface area contributed by atoms with Crippen molar-refractivity contribution in [2.45, 2.75) is 30.2 Å². The van der Waals surface area contributed by atoms with Crippen LogP contribution in [0, 0.1) is 0 Å². The number of hydrogen-bond donors (Lipinski definition) is 1. The Morgan fingerprint density at radius 1 is 1.19 bits per heavy atom. The fraction of sp³-hybridized carbons (Fsp3) is 0.368. The second-order valence-electron chi connectivity index (χ2n) is 6.16. The molecule has 0 spiro atoms. The number of likely N-dealkylation sites (tertiary alicyclic amines) is 1. The number of rotatable bonds is 6. The molecule has 1 aromatic carbocycles. The van der Waals surface area contributed by atoms with Crippen molar-refractivity contribution in [3.05, 3.63) is 53.4 Å². The third-order valence-electron chi connectivity index (χ3n) is 4.29. The molecule has 2 amide bonds. The van der Waals surface area contributed by atoms with Crippen molar-refractivity contribution in [2.24, 2.45) is 0 Å². The molecule has 1 aliphatic heterocycles.